The maximum Gasteiger partial charge on any atom is 0.180 e. The second kappa shape index (κ2) is 7.97. The molecule has 4 nitrogen and oxygen atoms in total. The molecule has 1 aliphatic rings. The molecule has 0 radical (unpaired) electrons. The smallest absolute Gasteiger partial charge is 0.180 e. The molecule has 3 rings (SSSR count). The van der Waals surface area contributed by atoms with Gasteiger partial charge in [0.2, 0.25) is 0 Å². The average molecular weight is 340 g/mol. The van der Waals surface area contributed by atoms with Crippen LogP contribution in [0.15, 0.2) is 60.6 Å². The molecule has 0 N–H and O–H groups in total. The van der Waals surface area contributed by atoms with Gasteiger partial charge in [0, 0.05) is 0 Å². The van der Waals surface area contributed by atoms with Crippen LogP contribution in [0.2, 0.25) is 0 Å². The first-order valence-electron chi connectivity index (χ1n) is 8.76. The third-order valence-corrected chi connectivity index (χ3v) is 4.08. The van der Waals surface area contributed by atoms with Crippen LogP contribution in [-0.4, -0.2) is 12.2 Å². The van der Waals surface area contributed by atoms with Gasteiger partial charge in [-0.25, -0.2) is 0 Å². The molecule has 2 aromatic rings. The summed E-state index contributed by atoms with van der Waals surface area (Å²) in [6, 6.07) is 15.3. The van der Waals surface area contributed by atoms with Crippen LogP contribution in [0.4, 0.5) is 0 Å². The van der Waals surface area contributed by atoms with E-state index in [9.17, 15) is 0 Å². The minimum atomic E-state index is -0.213. The monoisotopic (exact) mass is 340 g/mol. The third kappa shape index (κ3) is 4.27. The molecule has 0 bridgehead atoms. The predicted octanol–water partition coefficient (Wildman–Crippen LogP) is 5.33. The Balaban J connectivity index is 1.66. The van der Waals surface area contributed by atoms with Crippen molar-refractivity contribution < 1.29 is 18.9 Å². The van der Waals surface area contributed by atoms with Crippen LogP contribution >= 0.6 is 0 Å². The standard InChI is InChI=1S/C21H24O4/c1-4-15(3)23-16-10-12-17(13-11-16)24-18(5-2)21-14-22-19-8-6-7-9-20(19)25-21/h6-15,18H,4-5H2,1-3H3. The Kier molecular flexibility index (Phi) is 5.49. The first-order chi connectivity index (χ1) is 12.2. The Morgan fingerprint density at radius 3 is 2.12 bits per heavy atom. The number of hydrogen-bond acceptors (Lipinski definition) is 4. The number of rotatable bonds is 7. The maximum absolute atomic E-state index is 6.08. The molecule has 0 aromatic heterocycles. The minimum absolute atomic E-state index is 0.202. The number of fused-ring (bicyclic) bond motifs is 1. The van der Waals surface area contributed by atoms with Crippen LogP contribution in [0.5, 0.6) is 23.0 Å². The highest BCUT2D eigenvalue weighted by Crippen LogP contribution is 2.34. The molecule has 1 aliphatic heterocycles. The van der Waals surface area contributed by atoms with E-state index in [4.69, 9.17) is 18.9 Å². The Hall–Kier alpha value is -2.62. The molecule has 2 unspecified atom stereocenters. The minimum Gasteiger partial charge on any atom is -0.491 e. The van der Waals surface area contributed by atoms with E-state index in [0.29, 0.717) is 17.3 Å². The lowest BCUT2D eigenvalue weighted by Crippen LogP contribution is -2.24. The van der Waals surface area contributed by atoms with Gasteiger partial charge in [-0.2, -0.15) is 0 Å². The second-order valence-corrected chi connectivity index (χ2v) is 6.01. The molecule has 0 spiro atoms. The summed E-state index contributed by atoms with van der Waals surface area (Å²) < 4.78 is 23.4. The molecule has 25 heavy (non-hydrogen) atoms. The summed E-state index contributed by atoms with van der Waals surface area (Å²) in [6.07, 6.45) is 3.35. The largest absolute Gasteiger partial charge is 0.491 e. The third-order valence-electron chi connectivity index (χ3n) is 4.08. The normalized spacial score (nSPS) is 15.1. The Morgan fingerprint density at radius 2 is 1.48 bits per heavy atom. The topological polar surface area (TPSA) is 36.9 Å². The van der Waals surface area contributed by atoms with Crippen LogP contribution in [0.3, 0.4) is 0 Å². The van der Waals surface area contributed by atoms with Crippen molar-refractivity contribution in [3.05, 3.63) is 60.6 Å². The summed E-state index contributed by atoms with van der Waals surface area (Å²) in [5, 5.41) is 0. The highest BCUT2D eigenvalue weighted by molar-refractivity contribution is 5.43. The highest BCUT2D eigenvalue weighted by Gasteiger charge is 2.22. The van der Waals surface area contributed by atoms with Crippen LogP contribution in [-0.2, 0) is 0 Å². The first-order valence-corrected chi connectivity index (χ1v) is 8.76. The Morgan fingerprint density at radius 1 is 0.840 bits per heavy atom. The lowest BCUT2D eigenvalue weighted by molar-refractivity contribution is 0.163. The molecule has 1 heterocycles. The van der Waals surface area contributed by atoms with Crippen LogP contribution in [0, 0.1) is 0 Å². The molecule has 2 aromatic carbocycles. The van der Waals surface area contributed by atoms with Gasteiger partial charge in [0.25, 0.3) is 0 Å². The van der Waals surface area contributed by atoms with Gasteiger partial charge in [-0.3, -0.25) is 0 Å². The summed E-state index contributed by atoms with van der Waals surface area (Å²) in [5.41, 5.74) is 0. The molecular formula is C21H24O4. The number of ether oxygens (including phenoxy) is 4. The molecule has 132 valence electrons. The van der Waals surface area contributed by atoms with Crippen LogP contribution in [0.25, 0.3) is 0 Å². The fraction of sp³-hybridized carbons (Fsp3) is 0.333. The molecule has 2 atom stereocenters. The summed E-state index contributed by atoms with van der Waals surface area (Å²) in [7, 11) is 0. The Labute approximate surface area is 149 Å². The molecule has 0 amide bonds. The van der Waals surface area contributed by atoms with E-state index >= 15 is 0 Å². The van der Waals surface area contributed by atoms with Crippen molar-refractivity contribution in [3.63, 3.8) is 0 Å². The molecule has 4 heteroatoms. The van der Waals surface area contributed by atoms with Gasteiger partial charge in [-0.1, -0.05) is 26.0 Å². The second-order valence-electron chi connectivity index (χ2n) is 6.01. The van der Waals surface area contributed by atoms with Crippen molar-refractivity contribution in [3.8, 4) is 23.0 Å². The quantitative estimate of drug-likeness (QED) is 0.682. The van der Waals surface area contributed by atoms with Crippen molar-refractivity contribution >= 4 is 0 Å². The van der Waals surface area contributed by atoms with E-state index in [0.717, 1.165) is 24.3 Å². The lowest BCUT2D eigenvalue weighted by Gasteiger charge is -2.24. The molecular weight excluding hydrogens is 316 g/mol. The zero-order valence-corrected chi connectivity index (χ0v) is 14.9. The van der Waals surface area contributed by atoms with E-state index in [1.165, 1.54) is 0 Å². The zero-order chi connectivity index (χ0) is 17.6. The summed E-state index contributed by atoms with van der Waals surface area (Å²) >= 11 is 0. The van der Waals surface area contributed by atoms with Crippen molar-refractivity contribution in [2.24, 2.45) is 0 Å². The maximum atomic E-state index is 6.08. The first kappa shape index (κ1) is 17.2. The highest BCUT2D eigenvalue weighted by atomic mass is 16.6. The molecule has 0 saturated heterocycles. The lowest BCUT2D eigenvalue weighted by atomic mass is 10.2. The van der Waals surface area contributed by atoms with E-state index in [-0.39, 0.29) is 12.2 Å². The molecule has 0 saturated carbocycles. The van der Waals surface area contributed by atoms with Gasteiger partial charge in [0.1, 0.15) is 17.8 Å². The summed E-state index contributed by atoms with van der Waals surface area (Å²) in [5.74, 6) is 3.71. The number of benzene rings is 2. The van der Waals surface area contributed by atoms with E-state index in [2.05, 4.69) is 20.8 Å². The van der Waals surface area contributed by atoms with Gasteiger partial charge in [-0.15, -0.1) is 0 Å². The Bertz CT molecular complexity index is 721. The van der Waals surface area contributed by atoms with E-state index in [1.54, 1.807) is 6.26 Å². The predicted molar refractivity (Wildman–Crippen MR) is 97.3 cm³/mol. The van der Waals surface area contributed by atoms with Crippen LogP contribution < -0.4 is 18.9 Å². The van der Waals surface area contributed by atoms with Crippen molar-refractivity contribution in [1.29, 1.82) is 0 Å². The van der Waals surface area contributed by atoms with Crippen LogP contribution in [0.1, 0.15) is 33.6 Å². The SMILES string of the molecule is CCC(C)Oc1ccc(OC(CC)C2=COc3ccccc3O2)cc1. The van der Waals surface area contributed by atoms with Crippen molar-refractivity contribution in [1.82, 2.24) is 0 Å². The molecule has 0 fully saturated rings. The molecule has 0 aliphatic carbocycles. The fourth-order valence-electron chi connectivity index (χ4n) is 2.47. The van der Waals surface area contributed by atoms with Gasteiger partial charge >= 0.3 is 0 Å². The average Bonchev–Trinajstić information content (AvgIpc) is 2.67. The van der Waals surface area contributed by atoms with Gasteiger partial charge in [-0.05, 0) is 56.2 Å². The zero-order valence-electron chi connectivity index (χ0n) is 14.9. The van der Waals surface area contributed by atoms with Gasteiger partial charge in [0.15, 0.2) is 23.4 Å². The number of para-hydroxylation sites is 2. The fourth-order valence-corrected chi connectivity index (χ4v) is 2.47. The summed E-state index contributed by atoms with van der Waals surface area (Å²) in [6.45, 7) is 6.21. The number of hydrogen-bond donors (Lipinski definition) is 0. The van der Waals surface area contributed by atoms with Crippen molar-refractivity contribution in [2.45, 2.75) is 45.8 Å². The summed E-state index contributed by atoms with van der Waals surface area (Å²) in [4.78, 5) is 0. The van der Waals surface area contributed by atoms with Gasteiger partial charge < -0.3 is 18.9 Å². The van der Waals surface area contributed by atoms with Crippen molar-refractivity contribution in [2.75, 3.05) is 0 Å². The van der Waals surface area contributed by atoms with E-state index < -0.39 is 0 Å². The van der Waals surface area contributed by atoms with Gasteiger partial charge in [0.05, 0.1) is 6.10 Å². The van der Waals surface area contributed by atoms with E-state index in [1.807, 2.05) is 48.5 Å².